The number of hydrogen-bond acceptors (Lipinski definition) is 2. The molecule has 0 radical (unpaired) electrons. The van der Waals surface area contributed by atoms with Gasteiger partial charge in [-0.05, 0) is 23.6 Å². The maximum atomic E-state index is 5.86. The summed E-state index contributed by atoms with van der Waals surface area (Å²) in [6.07, 6.45) is 0.964. The largest absolute Gasteiger partial charge is 0.239 e. The van der Waals surface area contributed by atoms with Crippen LogP contribution in [0.4, 0.5) is 0 Å². The van der Waals surface area contributed by atoms with Crippen LogP contribution >= 0.6 is 11.6 Å². The van der Waals surface area contributed by atoms with Crippen LogP contribution in [0.2, 0.25) is 5.28 Å². The van der Waals surface area contributed by atoms with Crippen molar-refractivity contribution in [3.8, 4) is 11.4 Å². The molecule has 15 heavy (non-hydrogen) atoms. The number of nitrogens with zero attached hydrogens (tertiary/aromatic N) is 3. The average molecular weight is 222 g/mol. The molecule has 3 nitrogen and oxygen atoms in total. The van der Waals surface area contributed by atoms with Gasteiger partial charge >= 0.3 is 0 Å². The van der Waals surface area contributed by atoms with Crippen molar-refractivity contribution in [3.63, 3.8) is 0 Å². The van der Waals surface area contributed by atoms with Gasteiger partial charge in [0.1, 0.15) is 0 Å². The summed E-state index contributed by atoms with van der Waals surface area (Å²) in [7, 11) is 1.79. The Balaban J connectivity index is 2.53. The summed E-state index contributed by atoms with van der Waals surface area (Å²) < 4.78 is 1.57. The van der Waals surface area contributed by atoms with Gasteiger partial charge in [0.25, 0.3) is 0 Å². The first-order chi connectivity index (χ1) is 7.22. The van der Waals surface area contributed by atoms with Gasteiger partial charge in [0.2, 0.25) is 5.28 Å². The van der Waals surface area contributed by atoms with Gasteiger partial charge < -0.3 is 0 Å². The van der Waals surface area contributed by atoms with Crippen LogP contribution in [0, 0.1) is 0 Å². The van der Waals surface area contributed by atoms with Crippen LogP contribution in [0.5, 0.6) is 0 Å². The van der Waals surface area contributed by atoms with E-state index < -0.39 is 0 Å². The Kier molecular flexibility index (Phi) is 2.73. The number of benzene rings is 1. The van der Waals surface area contributed by atoms with Crippen molar-refractivity contribution >= 4 is 11.6 Å². The van der Waals surface area contributed by atoms with Gasteiger partial charge in [-0.1, -0.05) is 31.2 Å². The zero-order valence-electron chi connectivity index (χ0n) is 8.74. The topological polar surface area (TPSA) is 30.7 Å². The molecule has 2 rings (SSSR count). The highest BCUT2D eigenvalue weighted by Gasteiger charge is 2.09. The standard InChI is InChI=1S/C11H12ClN3/c1-3-8-6-4-5-7-9(8)10-13-11(12)15(2)14-10/h4-7H,3H2,1-2H3. The van der Waals surface area contributed by atoms with Crippen LogP contribution in [0.15, 0.2) is 24.3 Å². The lowest BCUT2D eigenvalue weighted by molar-refractivity contribution is 0.769. The molecule has 0 amide bonds. The fourth-order valence-electron chi connectivity index (χ4n) is 1.53. The van der Waals surface area contributed by atoms with Gasteiger partial charge in [0.15, 0.2) is 5.82 Å². The first-order valence-electron chi connectivity index (χ1n) is 4.87. The molecule has 0 unspecified atom stereocenters. The third-order valence-corrected chi connectivity index (χ3v) is 2.68. The molecule has 2 aromatic rings. The minimum Gasteiger partial charge on any atom is -0.239 e. The van der Waals surface area contributed by atoms with E-state index in [0.717, 1.165) is 12.0 Å². The predicted molar refractivity (Wildman–Crippen MR) is 60.8 cm³/mol. The lowest BCUT2D eigenvalue weighted by atomic mass is 10.1. The van der Waals surface area contributed by atoms with Gasteiger partial charge in [0, 0.05) is 12.6 Å². The van der Waals surface area contributed by atoms with E-state index in [1.54, 1.807) is 11.7 Å². The molecule has 1 heterocycles. The summed E-state index contributed by atoms with van der Waals surface area (Å²) in [4.78, 5) is 4.21. The molecule has 78 valence electrons. The minimum atomic E-state index is 0.413. The van der Waals surface area contributed by atoms with E-state index in [-0.39, 0.29) is 0 Å². The first kappa shape index (κ1) is 10.2. The molecule has 0 fully saturated rings. The molecule has 0 bridgehead atoms. The molecule has 0 saturated heterocycles. The van der Waals surface area contributed by atoms with Crippen LogP contribution in [0.25, 0.3) is 11.4 Å². The summed E-state index contributed by atoms with van der Waals surface area (Å²) in [6.45, 7) is 2.11. The number of halogens is 1. The van der Waals surface area contributed by atoms with Crippen LogP contribution in [-0.4, -0.2) is 14.8 Å². The van der Waals surface area contributed by atoms with E-state index in [1.165, 1.54) is 5.56 Å². The molecular formula is C11H12ClN3. The average Bonchev–Trinajstić information content (AvgIpc) is 2.59. The lowest BCUT2D eigenvalue weighted by Gasteiger charge is -2.02. The van der Waals surface area contributed by atoms with Crippen molar-refractivity contribution in [3.05, 3.63) is 35.1 Å². The zero-order valence-corrected chi connectivity index (χ0v) is 9.49. The van der Waals surface area contributed by atoms with Gasteiger partial charge in [-0.25, -0.2) is 4.68 Å². The molecule has 0 N–H and O–H groups in total. The van der Waals surface area contributed by atoms with Crippen LogP contribution < -0.4 is 0 Å². The second kappa shape index (κ2) is 4.03. The lowest BCUT2D eigenvalue weighted by Crippen LogP contribution is -1.92. The van der Waals surface area contributed by atoms with E-state index in [2.05, 4.69) is 23.1 Å². The molecule has 0 aliphatic heterocycles. The molecule has 0 aliphatic rings. The van der Waals surface area contributed by atoms with Crippen molar-refractivity contribution < 1.29 is 0 Å². The van der Waals surface area contributed by atoms with E-state index in [1.807, 2.05) is 18.2 Å². The summed E-state index contributed by atoms with van der Waals surface area (Å²) in [5, 5.41) is 4.68. The molecule has 0 saturated carbocycles. The number of hydrogen-bond donors (Lipinski definition) is 0. The Bertz CT molecular complexity index is 457. The second-order valence-electron chi connectivity index (χ2n) is 3.34. The summed E-state index contributed by atoms with van der Waals surface area (Å²) >= 11 is 5.86. The molecule has 0 aliphatic carbocycles. The maximum absolute atomic E-state index is 5.86. The monoisotopic (exact) mass is 221 g/mol. The van der Waals surface area contributed by atoms with Gasteiger partial charge in [0.05, 0.1) is 0 Å². The van der Waals surface area contributed by atoms with Crippen molar-refractivity contribution in [2.75, 3.05) is 0 Å². The SMILES string of the molecule is CCc1ccccc1-c1nc(Cl)n(C)n1. The number of rotatable bonds is 2. The van der Waals surface area contributed by atoms with Gasteiger partial charge in [-0.15, -0.1) is 5.10 Å². The number of aromatic nitrogens is 3. The van der Waals surface area contributed by atoms with Crippen molar-refractivity contribution in [1.29, 1.82) is 0 Å². The summed E-state index contributed by atoms with van der Waals surface area (Å²) in [5.74, 6) is 0.694. The summed E-state index contributed by atoms with van der Waals surface area (Å²) in [5.41, 5.74) is 2.29. The Labute approximate surface area is 93.7 Å². The molecule has 4 heteroatoms. The Morgan fingerprint density at radius 1 is 1.33 bits per heavy atom. The maximum Gasteiger partial charge on any atom is 0.221 e. The van der Waals surface area contributed by atoms with Crippen LogP contribution in [0.3, 0.4) is 0 Å². The smallest absolute Gasteiger partial charge is 0.221 e. The van der Waals surface area contributed by atoms with E-state index >= 15 is 0 Å². The fourth-order valence-corrected chi connectivity index (χ4v) is 1.64. The highest BCUT2D eigenvalue weighted by atomic mass is 35.5. The van der Waals surface area contributed by atoms with Crippen molar-refractivity contribution in [2.24, 2.45) is 7.05 Å². The second-order valence-corrected chi connectivity index (χ2v) is 3.68. The van der Waals surface area contributed by atoms with Crippen molar-refractivity contribution in [2.45, 2.75) is 13.3 Å². The van der Waals surface area contributed by atoms with E-state index in [0.29, 0.717) is 11.1 Å². The minimum absolute atomic E-state index is 0.413. The number of aryl methyl sites for hydroxylation is 2. The molecule has 1 aromatic carbocycles. The fraction of sp³-hybridized carbons (Fsp3) is 0.273. The van der Waals surface area contributed by atoms with Crippen LogP contribution in [-0.2, 0) is 13.5 Å². The third kappa shape index (κ3) is 1.88. The normalized spacial score (nSPS) is 10.6. The molecule has 0 spiro atoms. The molecular weight excluding hydrogens is 210 g/mol. The Morgan fingerprint density at radius 3 is 2.67 bits per heavy atom. The predicted octanol–water partition coefficient (Wildman–Crippen LogP) is 2.70. The van der Waals surface area contributed by atoms with E-state index in [4.69, 9.17) is 11.6 Å². The highest BCUT2D eigenvalue weighted by Crippen LogP contribution is 2.21. The Morgan fingerprint density at radius 2 is 2.07 bits per heavy atom. The quantitative estimate of drug-likeness (QED) is 0.781. The van der Waals surface area contributed by atoms with Crippen molar-refractivity contribution in [1.82, 2.24) is 14.8 Å². The third-order valence-electron chi connectivity index (χ3n) is 2.35. The van der Waals surface area contributed by atoms with Crippen LogP contribution in [0.1, 0.15) is 12.5 Å². The van der Waals surface area contributed by atoms with E-state index in [9.17, 15) is 0 Å². The van der Waals surface area contributed by atoms with Gasteiger partial charge in [-0.3, -0.25) is 0 Å². The first-order valence-corrected chi connectivity index (χ1v) is 5.25. The molecule has 0 atom stereocenters. The van der Waals surface area contributed by atoms with Gasteiger partial charge in [-0.2, -0.15) is 4.98 Å². The highest BCUT2D eigenvalue weighted by molar-refractivity contribution is 6.28. The Hall–Kier alpha value is -1.35. The summed E-state index contributed by atoms with van der Waals surface area (Å²) in [6, 6.07) is 8.11. The molecule has 1 aromatic heterocycles. The zero-order chi connectivity index (χ0) is 10.8.